The first-order chi connectivity index (χ1) is 5.24. The van der Waals surface area contributed by atoms with E-state index >= 15 is 0 Å². The molecule has 0 atom stereocenters. The Morgan fingerprint density at radius 2 is 1.83 bits per heavy atom. The zero-order valence-corrected chi connectivity index (χ0v) is 7.80. The van der Waals surface area contributed by atoms with Crippen molar-refractivity contribution in [3.05, 3.63) is 23.8 Å². The molecule has 1 rings (SSSR count). The van der Waals surface area contributed by atoms with Crippen molar-refractivity contribution in [2.45, 2.75) is 6.42 Å². The van der Waals surface area contributed by atoms with Crippen molar-refractivity contribution < 1.29 is 27.6 Å². The summed E-state index contributed by atoms with van der Waals surface area (Å²) in [4.78, 5) is 0. The van der Waals surface area contributed by atoms with E-state index in [4.69, 9.17) is 15.9 Å². The number of phenolic OH excluding ortho intramolecular Hbond substituents is 2. The molecule has 0 heterocycles. The third-order valence-corrected chi connectivity index (χ3v) is 1.47. The molecule has 0 aliphatic rings. The molecule has 0 aliphatic carbocycles. The standard InChI is InChI=1S/C8H11NO2.Cr/c9-4-3-6-1-2-7(10)8(11)5-6;/h1-2,5,10-11H,3-4,9H2;. The fourth-order valence-corrected chi connectivity index (χ4v) is 0.891. The van der Waals surface area contributed by atoms with Crippen LogP contribution in [0.1, 0.15) is 5.56 Å². The van der Waals surface area contributed by atoms with Gasteiger partial charge in [-0.25, -0.2) is 0 Å². The number of benzene rings is 1. The van der Waals surface area contributed by atoms with Crippen LogP contribution in [0.2, 0.25) is 0 Å². The van der Waals surface area contributed by atoms with E-state index in [2.05, 4.69) is 0 Å². The molecule has 3 nitrogen and oxygen atoms in total. The van der Waals surface area contributed by atoms with Crippen molar-refractivity contribution in [2.24, 2.45) is 5.73 Å². The molecule has 0 radical (unpaired) electrons. The molecular formula is C8H11CrNO2. The summed E-state index contributed by atoms with van der Waals surface area (Å²) in [7, 11) is 0. The molecule has 0 aromatic heterocycles. The normalized spacial score (nSPS) is 9.08. The zero-order valence-electron chi connectivity index (χ0n) is 6.53. The Balaban J connectivity index is 0.00000121. The molecule has 1 aromatic carbocycles. The van der Waals surface area contributed by atoms with Crippen LogP contribution in [0, 0.1) is 0 Å². The minimum atomic E-state index is -0.0919. The second-order valence-electron chi connectivity index (χ2n) is 2.36. The van der Waals surface area contributed by atoms with Gasteiger partial charge in [-0.15, -0.1) is 0 Å². The van der Waals surface area contributed by atoms with Gasteiger partial charge in [0.25, 0.3) is 0 Å². The van der Waals surface area contributed by atoms with Crippen molar-refractivity contribution >= 4 is 0 Å². The van der Waals surface area contributed by atoms with E-state index in [0.29, 0.717) is 13.0 Å². The average molecular weight is 205 g/mol. The van der Waals surface area contributed by atoms with Crippen molar-refractivity contribution in [1.29, 1.82) is 0 Å². The second kappa shape index (κ2) is 5.05. The van der Waals surface area contributed by atoms with E-state index in [0.717, 1.165) is 5.56 Å². The number of hydrogen-bond donors (Lipinski definition) is 3. The Morgan fingerprint density at radius 1 is 1.17 bits per heavy atom. The van der Waals surface area contributed by atoms with Crippen LogP contribution in [0.5, 0.6) is 11.5 Å². The van der Waals surface area contributed by atoms with Crippen LogP contribution in [0.15, 0.2) is 18.2 Å². The number of phenols is 2. The minimum Gasteiger partial charge on any atom is -0.504 e. The predicted octanol–water partition coefficient (Wildman–Crippen LogP) is 0.596. The molecule has 66 valence electrons. The van der Waals surface area contributed by atoms with E-state index in [1.807, 2.05) is 0 Å². The van der Waals surface area contributed by atoms with E-state index < -0.39 is 0 Å². The fraction of sp³-hybridized carbons (Fsp3) is 0.250. The monoisotopic (exact) mass is 205 g/mol. The van der Waals surface area contributed by atoms with Crippen molar-refractivity contribution in [3.8, 4) is 11.5 Å². The predicted molar refractivity (Wildman–Crippen MR) is 42.5 cm³/mol. The first-order valence-corrected chi connectivity index (χ1v) is 3.45. The van der Waals surface area contributed by atoms with Gasteiger partial charge in [0.1, 0.15) is 0 Å². The van der Waals surface area contributed by atoms with E-state index in [-0.39, 0.29) is 28.9 Å². The van der Waals surface area contributed by atoms with Gasteiger partial charge in [0.05, 0.1) is 0 Å². The largest absolute Gasteiger partial charge is 0.504 e. The van der Waals surface area contributed by atoms with Gasteiger partial charge >= 0.3 is 0 Å². The maximum Gasteiger partial charge on any atom is 0.157 e. The summed E-state index contributed by atoms with van der Waals surface area (Å²) in [6.45, 7) is 0.546. The summed E-state index contributed by atoms with van der Waals surface area (Å²) in [6, 6.07) is 4.71. The van der Waals surface area contributed by atoms with Crippen LogP contribution in [0.3, 0.4) is 0 Å². The SMILES string of the molecule is NCCc1ccc(O)c(O)c1.[Cr]. The molecule has 0 saturated heterocycles. The first kappa shape index (κ1) is 11.3. The maximum atomic E-state index is 9.04. The Hall–Kier alpha value is -0.688. The third-order valence-electron chi connectivity index (χ3n) is 1.47. The first-order valence-electron chi connectivity index (χ1n) is 3.45. The summed E-state index contributed by atoms with van der Waals surface area (Å²) >= 11 is 0. The van der Waals surface area contributed by atoms with Gasteiger partial charge in [-0.2, -0.15) is 0 Å². The molecule has 4 heteroatoms. The van der Waals surface area contributed by atoms with Gasteiger partial charge in [0.2, 0.25) is 0 Å². The van der Waals surface area contributed by atoms with E-state index in [1.54, 1.807) is 6.07 Å². The van der Waals surface area contributed by atoms with Crippen molar-refractivity contribution in [2.75, 3.05) is 6.54 Å². The molecule has 0 unspecified atom stereocenters. The number of nitrogens with two attached hydrogens (primary N) is 1. The van der Waals surface area contributed by atoms with E-state index in [1.165, 1.54) is 12.1 Å². The van der Waals surface area contributed by atoms with Crippen molar-refractivity contribution in [3.63, 3.8) is 0 Å². The maximum absolute atomic E-state index is 9.04. The topological polar surface area (TPSA) is 66.5 Å². The van der Waals surface area contributed by atoms with Gasteiger partial charge in [-0.1, -0.05) is 6.07 Å². The Morgan fingerprint density at radius 3 is 2.33 bits per heavy atom. The van der Waals surface area contributed by atoms with Crippen LogP contribution >= 0.6 is 0 Å². The second-order valence-corrected chi connectivity index (χ2v) is 2.36. The molecule has 0 amide bonds. The Bertz CT molecular complexity index is 253. The van der Waals surface area contributed by atoms with Gasteiger partial charge < -0.3 is 15.9 Å². The van der Waals surface area contributed by atoms with Crippen LogP contribution in [0.25, 0.3) is 0 Å². The number of aromatic hydroxyl groups is 2. The van der Waals surface area contributed by atoms with Crippen LogP contribution < -0.4 is 5.73 Å². The quantitative estimate of drug-likeness (QED) is 0.619. The summed E-state index contributed by atoms with van der Waals surface area (Å²) in [6.07, 6.45) is 0.716. The van der Waals surface area contributed by atoms with Crippen LogP contribution in [-0.2, 0) is 23.8 Å². The van der Waals surface area contributed by atoms with Crippen LogP contribution in [0.4, 0.5) is 0 Å². The van der Waals surface area contributed by atoms with Gasteiger partial charge in [-0.05, 0) is 30.7 Å². The number of hydrogen-bond acceptors (Lipinski definition) is 3. The summed E-state index contributed by atoms with van der Waals surface area (Å²) in [5.41, 5.74) is 6.24. The number of rotatable bonds is 2. The Kier molecular flexibility index (Phi) is 4.76. The Labute approximate surface area is 82.0 Å². The van der Waals surface area contributed by atoms with Crippen molar-refractivity contribution in [1.82, 2.24) is 0 Å². The molecular weight excluding hydrogens is 194 g/mol. The molecule has 0 spiro atoms. The van der Waals surface area contributed by atoms with Crippen LogP contribution in [-0.4, -0.2) is 16.8 Å². The summed E-state index contributed by atoms with van der Waals surface area (Å²) in [5.74, 6) is -0.179. The molecule has 0 aliphatic heterocycles. The molecule has 0 bridgehead atoms. The average Bonchev–Trinajstić information content (AvgIpc) is 1.98. The molecule has 4 N–H and O–H groups in total. The summed E-state index contributed by atoms with van der Waals surface area (Å²) in [5, 5.41) is 18.0. The van der Waals surface area contributed by atoms with E-state index in [9.17, 15) is 0 Å². The minimum absolute atomic E-state index is 0. The molecule has 0 saturated carbocycles. The molecule has 12 heavy (non-hydrogen) atoms. The van der Waals surface area contributed by atoms with Gasteiger partial charge in [0.15, 0.2) is 11.5 Å². The zero-order chi connectivity index (χ0) is 8.27. The summed E-state index contributed by atoms with van der Waals surface area (Å²) < 4.78 is 0. The molecule has 1 aromatic rings. The fourth-order valence-electron chi connectivity index (χ4n) is 0.891. The smallest absolute Gasteiger partial charge is 0.157 e. The van der Waals surface area contributed by atoms with Gasteiger partial charge in [-0.3, -0.25) is 0 Å². The third kappa shape index (κ3) is 2.74. The van der Waals surface area contributed by atoms with Gasteiger partial charge in [0, 0.05) is 17.4 Å². The molecule has 0 fully saturated rings.